The molecule has 0 spiro atoms. The summed E-state index contributed by atoms with van der Waals surface area (Å²) in [5.74, 6) is 0.179. The zero-order valence-electron chi connectivity index (χ0n) is 18.0. The Labute approximate surface area is 184 Å². The van der Waals surface area contributed by atoms with E-state index in [1.807, 2.05) is 0 Å². The molecule has 2 aliphatic heterocycles. The highest BCUT2D eigenvalue weighted by Crippen LogP contribution is 2.34. The zero-order chi connectivity index (χ0) is 22.0. The summed E-state index contributed by atoms with van der Waals surface area (Å²) in [7, 11) is -2.13. The summed E-state index contributed by atoms with van der Waals surface area (Å²) in [6, 6.07) is 4.59. The molecule has 1 N–H and O–H groups in total. The third kappa shape index (κ3) is 4.87. The minimum Gasteiger partial charge on any atom is -0.495 e. The van der Waals surface area contributed by atoms with Crippen LogP contribution >= 0.6 is 0 Å². The van der Waals surface area contributed by atoms with E-state index in [1.54, 1.807) is 11.0 Å². The lowest BCUT2D eigenvalue weighted by molar-refractivity contribution is -0.135. The van der Waals surface area contributed by atoms with Crippen LogP contribution in [0.15, 0.2) is 23.1 Å². The number of likely N-dealkylation sites (tertiary alicyclic amines) is 1. The SMILES string of the molecule is COc1ccc(S(=O)(=O)N2CCCCC2)cc1NC(=O)C1CCCN(C(=O)C2CC2)C1. The van der Waals surface area contributed by atoms with Crippen LogP contribution in [0, 0.1) is 11.8 Å². The molecule has 0 bridgehead atoms. The molecule has 1 atom stereocenters. The van der Waals surface area contributed by atoms with E-state index in [-0.39, 0.29) is 28.5 Å². The monoisotopic (exact) mass is 449 g/mol. The van der Waals surface area contributed by atoms with Crippen LogP contribution in [0.2, 0.25) is 0 Å². The number of nitrogens with zero attached hydrogens (tertiary/aromatic N) is 2. The second-order valence-electron chi connectivity index (χ2n) is 8.71. The molecule has 1 unspecified atom stereocenters. The highest BCUT2D eigenvalue weighted by Gasteiger charge is 2.37. The van der Waals surface area contributed by atoms with Crippen molar-refractivity contribution in [3.8, 4) is 5.75 Å². The van der Waals surface area contributed by atoms with Gasteiger partial charge in [-0.3, -0.25) is 9.59 Å². The molecule has 170 valence electrons. The number of methoxy groups -OCH3 is 1. The van der Waals surface area contributed by atoms with Crippen LogP contribution < -0.4 is 10.1 Å². The summed E-state index contributed by atoms with van der Waals surface area (Å²) in [4.78, 5) is 27.3. The van der Waals surface area contributed by atoms with Crippen molar-refractivity contribution in [1.82, 2.24) is 9.21 Å². The fourth-order valence-corrected chi connectivity index (χ4v) is 5.96. The van der Waals surface area contributed by atoms with Gasteiger partial charge in [0.1, 0.15) is 5.75 Å². The number of carbonyl (C=O) groups excluding carboxylic acids is 2. The topological polar surface area (TPSA) is 96.0 Å². The quantitative estimate of drug-likeness (QED) is 0.720. The Morgan fingerprint density at radius 1 is 1.00 bits per heavy atom. The standard InChI is InChI=1S/C22H31N3O5S/c1-30-20-10-9-18(31(28,29)25-12-3-2-4-13-25)14-19(20)23-21(26)17-6-5-11-24(15-17)22(27)16-7-8-16/h9-10,14,16-17H,2-8,11-13,15H2,1H3,(H,23,26). The van der Waals surface area contributed by atoms with Crippen molar-refractivity contribution in [3.63, 3.8) is 0 Å². The number of nitrogens with one attached hydrogen (secondary N) is 1. The molecule has 9 heteroatoms. The van der Waals surface area contributed by atoms with Gasteiger partial charge in [0.2, 0.25) is 21.8 Å². The van der Waals surface area contributed by atoms with Gasteiger partial charge in [-0.1, -0.05) is 6.42 Å². The van der Waals surface area contributed by atoms with Crippen molar-refractivity contribution in [2.24, 2.45) is 11.8 Å². The normalized spacial score (nSPS) is 22.7. The summed E-state index contributed by atoms with van der Waals surface area (Å²) in [6.07, 6.45) is 6.14. The summed E-state index contributed by atoms with van der Waals surface area (Å²) in [5, 5.41) is 2.87. The first-order valence-corrected chi connectivity index (χ1v) is 12.6. The molecule has 3 fully saturated rings. The molecule has 1 aliphatic carbocycles. The van der Waals surface area contributed by atoms with Crippen LogP contribution in [0.1, 0.15) is 44.9 Å². The van der Waals surface area contributed by atoms with Gasteiger partial charge in [0.25, 0.3) is 0 Å². The first kappa shape index (κ1) is 22.1. The van der Waals surface area contributed by atoms with Gasteiger partial charge in [0, 0.05) is 32.1 Å². The molecule has 8 nitrogen and oxygen atoms in total. The number of ether oxygens (including phenoxy) is 1. The van der Waals surface area contributed by atoms with Gasteiger partial charge in [-0.05, 0) is 56.7 Å². The maximum absolute atomic E-state index is 13.0. The first-order chi connectivity index (χ1) is 14.9. The molecule has 2 saturated heterocycles. The number of sulfonamides is 1. The number of hydrogen-bond acceptors (Lipinski definition) is 5. The minimum atomic E-state index is -3.62. The molecule has 0 radical (unpaired) electrons. The fraction of sp³-hybridized carbons (Fsp3) is 0.636. The van der Waals surface area contributed by atoms with Crippen LogP contribution in [-0.4, -0.2) is 62.7 Å². The van der Waals surface area contributed by atoms with Gasteiger partial charge in [0.15, 0.2) is 0 Å². The van der Waals surface area contributed by atoms with Gasteiger partial charge in [0.05, 0.1) is 23.6 Å². The number of piperidine rings is 2. The summed E-state index contributed by atoms with van der Waals surface area (Å²) in [5.41, 5.74) is 0.344. The highest BCUT2D eigenvalue weighted by atomic mass is 32.2. The van der Waals surface area contributed by atoms with Crippen LogP contribution in [0.25, 0.3) is 0 Å². The number of amides is 2. The second-order valence-corrected chi connectivity index (χ2v) is 10.7. The predicted molar refractivity (Wildman–Crippen MR) is 116 cm³/mol. The molecule has 2 heterocycles. The predicted octanol–water partition coefficient (Wildman–Crippen LogP) is 2.46. The molecular weight excluding hydrogens is 418 g/mol. The van der Waals surface area contributed by atoms with E-state index in [0.717, 1.165) is 38.5 Å². The number of benzene rings is 1. The Balaban J connectivity index is 1.49. The van der Waals surface area contributed by atoms with E-state index in [2.05, 4.69) is 5.32 Å². The zero-order valence-corrected chi connectivity index (χ0v) is 18.8. The number of carbonyl (C=O) groups is 2. The van der Waals surface area contributed by atoms with Crippen LogP contribution in [0.5, 0.6) is 5.75 Å². The van der Waals surface area contributed by atoms with Crippen molar-refractivity contribution >= 4 is 27.5 Å². The maximum atomic E-state index is 13.0. The van der Waals surface area contributed by atoms with Gasteiger partial charge < -0.3 is 15.0 Å². The van der Waals surface area contributed by atoms with E-state index in [1.165, 1.54) is 23.5 Å². The Morgan fingerprint density at radius 2 is 1.74 bits per heavy atom. The summed E-state index contributed by atoms with van der Waals surface area (Å²) >= 11 is 0. The molecule has 4 rings (SSSR count). The Kier molecular flexibility index (Phi) is 6.52. The highest BCUT2D eigenvalue weighted by molar-refractivity contribution is 7.89. The minimum absolute atomic E-state index is 0.138. The second kappa shape index (κ2) is 9.16. The van der Waals surface area contributed by atoms with Crippen molar-refractivity contribution < 1.29 is 22.7 Å². The van der Waals surface area contributed by atoms with E-state index in [9.17, 15) is 18.0 Å². The lowest BCUT2D eigenvalue weighted by Gasteiger charge is -2.32. The Hall–Kier alpha value is -2.13. The lowest BCUT2D eigenvalue weighted by atomic mass is 9.96. The average Bonchev–Trinajstić information content (AvgIpc) is 3.64. The van der Waals surface area contributed by atoms with Crippen molar-refractivity contribution in [3.05, 3.63) is 18.2 Å². The van der Waals surface area contributed by atoms with Gasteiger partial charge >= 0.3 is 0 Å². The van der Waals surface area contributed by atoms with Crippen LogP contribution in [-0.2, 0) is 19.6 Å². The number of anilines is 1. The van der Waals surface area contributed by atoms with E-state index >= 15 is 0 Å². The molecule has 31 heavy (non-hydrogen) atoms. The van der Waals surface area contributed by atoms with Crippen molar-refractivity contribution in [2.45, 2.75) is 49.8 Å². The first-order valence-electron chi connectivity index (χ1n) is 11.2. The third-order valence-corrected chi connectivity index (χ3v) is 8.31. The number of rotatable bonds is 6. The fourth-order valence-electron chi connectivity index (χ4n) is 4.41. The molecule has 1 aromatic rings. The summed E-state index contributed by atoms with van der Waals surface area (Å²) in [6.45, 7) is 2.15. The van der Waals surface area contributed by atoms with Crippen LogP contribution in [0.3, 0.4) is 0 Å². The molecule has 1 aromatic carbocycles. The van der Waals surface area contributed by atoms with E-state index in [0.29, 0.717) is 44.0 Å². The molecule has 1 saturated carbocycles. The van der Waals surface area contributed by atoms with E-state index in [4.69, 9.17) is 4.74 Å². The molecule has 2 amide bonds. The van der Waals surface area contributed by atoms with Crippen molar-refractivity contribution in [2.75, 3.05) is 38.6 Å². The van der Waals surface area contributed by atoms with Crippen molar-refractivity contribution in [1.29, 1.82) is 0 Å². The largest absolute Gasteiger partial charge is 0.495 e. The summed E-state index contributed by atoms with van der Waals surface area (Å²) < 4.78 is 32.9. The molecular formula is C22H31N3O5S. The average molecular weight is 450 g/mol. The lowest BCUT2D eigenvalue weighted by Crippen LogP contribution is -2.44. The molecule has 0 aromatic heterocycles. The smallest absolute Gasteiger partial charge is 0.243 e. The van der Waals surface area contributed by atoms with Crippen LogP contribution in [0.4, 0.5) is 5.69 Å². The van der Waals surface area contributed by atoms with Gasteiger partial charge in [-0.15, -0.1) is 0 Å². The number of hydrogen-bond donors (Lipinski definition) is 1. The molecule has 3 aliphatic rings. The Bertz CT molecular complexity index is 938. The maximum Gasteiger partial charge on any atom is 0.243 e. The van der Waals surface area contributed by atoms with Gasteiger partial charge in [-0.25, -0.2) is 8.42 Å². The third-order valence-electron chi connectivity index (χ3n) is 6.41. The Morgan fingerprint density at radius 3 is 2.42 bits per heavy atom. The van der Waals surface area contributed by atoms with Gasteiger partial charge in [-0.2, -0.15) is 4.31 Å². The van der Waals surface area contributed by atoms with E-state index < -0.39 is 10.0 Å².